The van der Waals surface area contributed by atoms with E-state index in [1.807, 2.05) is 36.4 Å². The number of rotatable bonds is 3. The molecule has 0 saturated carbocycles. The Morgan fingerprint density at radius 3 is 2.22 bits per heavy atom. The molecule has 0 fully saturated rings. The predicted molar refractivity (Wildman–Crippen MR) is 85.6 cm³/mol. The average molecular weight is 410 g/mol. The molecule has 0 aromatic heterocycles. The lowest BCUT2D eigenvalue weighted by molar-refractivity contribution is 1.15. The first-order valence-electron chi connectivity index (χ1n) is 5.20. The maximum absolute atomic E-state index is 6.16. The Bertz CT molecular complexity index is 556. The summed E-state index contributed by atoms with van der Waals surface area (Å²) >= 11 is 19.0. The van der Waals surface area contributed by atoms with E-state index in [9.17, 15) is 0 Å². The molecule has 0 spiro atoms. The van der Waals surface area contributed by atoms with Gasteiger partial charge < -0.3 is 5.32 Å². The zero-order valence-corrected chi connectivity index (χ0v) is 13.9. The summed E-state index contributed by atoms with van der Waals surface area (Å²) in [5.41, 5.74) is 2.00. The highest BCUT2D eigenvalue weighted by Crippen LogP contribution is 2.35. The second-order valence-corrected chi connectivity index (χ2v) is 6.23. The number of hydrogen-bond acceptors (Lipinski definition) is 1. The molecule has 0 heterocycles. The molecule has 0 aliphatic rings. The normalized spacial score (nSPS) is 10.4. The van der Waals surface area contributed by atoms with E-state index < -0.39 is 0 Å². The summed E-state index contributed by atoms with van der Waals surface area (Å²) in [6.07, 6.45) is 0. The Labute approximate surface area is 133 Å². The van der Waals surface area contributed by atoms with Crippen molar-refractivity contribution in [1.82, 2.24) is 0 Å². The molecule has 0 aliphatic heterocycles. The molecule has 2 aromatic rings. The van der Waals surface area contributed by atoms with Crippen LogP contribution < -0.4 is 5.32 Å². The highest BCUT2D eigenvalue weighted by Gasteiger charge is 2.07. The highest BCUT2D eigenvalue weighted by molar-refractivity contribution is 9.10. The summed E-state index contributed by atoms with van der Waals surface area (Å²) in [6.45, 7) is 0.699. The van der Waals surface area contributed by atoms with Gasteiger partial charge in [-0.25, -0.2) is 0 Å². The maximum atomic E-state index is 6.16. The minimum atomic E-state index is 0.525. The van der Waals surface area contributed by atoms with Crippen molar-refractivity contribution in [2.75, 3.05) is 5.32 Å². The molecular formula is C13H9Br2Cl2N. The van der Waals surface area contributed by atoms with Crippen LogP contribution in [0.25, 0.3) is 0 Å². The molecule has 0 bridgehead atoms. The van der Waals surface area contributed by atoms with E-state index in [0.29, 0.717) is 16.6 Å². The molecule has 5 heteroatoms. The molecule has 0 aliphatic carbocycles. The first kappa shape index (κ1) is 14.2. The van der Waals surface area contributed by atoms with Gasteiger partial charge in [-0.2, -0.15) is 0 Å². The zero-order chi connectivity index (χ0) is 13.1. The molecule has 18 heavy (non-hydrogen) atoms. The fraction of sp³-hybridized carbons (Fsp3) is 0.0769. The van der Waals surface area contributed by atoms with Gasteiger partial charge in [-0.1, -0.05) is 51.3 Å². The van der Waals surface area contributed by atoms with Crippen LogP contribution in [0.2, 0.25) is 10.0 Å². The summed E-state index contributed by atoms with van der Waals surface area (Å²) in [6, 6.07) is 11.9. The molecule has 94 valence electrons. The lowest BCUT2D eigenvalue weighted by Crippen LogP contribution is -2.00. The molecule has 2 rings (SSSR count). The van der Waals surface area contributed by atoms with Crippen molar-refractivity contribution in [3.8, 4) is 0 Å². The summed E-state index contributed by atoms with van der Waals surface area (Å²) in [5.74, 6) is 0. The lowest BCUT2D eigenvalue weighted by Gasteiger charge is -2.10. The fourth-order valence-electron chi connectivity index (χ4n) is 1.46. The Kier molecular flexibility index (Phi) is 4.96. The van der Waals surface area contributed by atoms with E-state index in [4.69, 9.17) is 23.2 Å². The van der Waals surface area contributed by atoms with E-state index in [2.05, 4.69) is 37.2 Å². The second kappa shape index (κ2) is 6.29. The number of nitrogens with one attached hydrogen (secondary N) is 1. The SMILES string of the molecule is Clc1c(Br)ccc(NCc2ccc(Br)cc2)c1Cl. The van der Waals surface area contributed by atoms with E-state index in [1.54, 1.807) is 0 Å². The quantitative estimate of drug-likeness (QED) is 0.601. The third-order valence-electron chi connectivity index (χ3n) is 2.43. The maximum Gasteiger partial charge on any atom is 0.0835 e. The monoisotopic (exact) mass is 407 g/mol. The van der Waals surface area contributed by atoms with Crippen LogP contribution in [0.4, 0.5) is 5.69 Å². The van der Waals surface area contributed by atoms with Crippen LogP contribution in [0, 0.1) is 0 Å². The zero-order valence-electron chi connectivity index (χ0n) is 9.18. The Hall–Kier alpha value is -0.220. The minimum absolute atomic E-state index is 0.525. The minimum Gasteiger partial charge on any atom is -0.380 e. The van der Waals surface area contributed by atoms with Gasteiger partial charge in [0, 0.05) is 15.5 Å². The van der Waals surface area contributed by atoms with E-state index >= 15 is 0 Å². The van der Waals surface area contributed by atoms with Crippen LogP contribution in [-0.2, 0) is 6.54 Å². The molecule has 0 saturated heterocycles. The summed E-state index contributed by atoms with van der Waals surface area (Å²) in [5, 5.41) is 4.32. The van der Waals surface area contributed by atoms with Crippen LogP contribution in [0.5, 0.6) is 0 Å². The molecular weight excluding hydrogens is 401 g/mol. The molecule has 2 aromatic carbocycles. The second-order valence-electron chi connectivity index (χ2n) is 3.70. The van der Waals surface area contributed by atoms with Crippen molar-refractivity contribution in [2.24, 2.45) is 0 Å². The Balaban J connectivity index is 2.11. The summed E-state index contributed by atoms with van der Waals surface area (Å²) < 4.78 is 1.86. The third-order valence-corrected chi connectivity index (χ3v) is 4.73. The van der Waals surface area contributed by atoms with Gasteiger partial charge in [-0.15, -0.1) is 0 Å². The topological polar surface area (TPSA) is 12.0 Å². The van der Waals surface area contributed by atoms with E-state index in [1.165, 1.54) is 5.56 Å². The Morgan fingerprint density at radius 1 is 0.889 bits per heavy atom. The van der Waals surface area contributed by atoms with Gasteiger partial charge in [0.1, 0.15) is 0 Å². The van der Waals surface area contributed by atoms with Gasteiger partial charge in [0.15, 0.2) is 0 Å². The number of halogens is 4. The van der Waals surface area contributed by atoms with Crippen LogP contribution in [0.3, 0.4) is 0 Å². The summed E-state index contributed by atoms with van der Waals surface area (Å²) in [4.78, 5) is 0. The fourth-order valence-corrected chi connectivity index (χ4v) is 2.57. The first-order chi connectivity index (χ1) is 8.58. The van der Waals surface area contributed by atoms with Gasteiger partial charge in [0.25, 0.3) is 0 Å². The van der Waals surface area contributed by atoms with Gasteiger partial charge >= 0.3 is 0 Å². The van der Waals surface area contributed by atoms with Gasteiger partial charge in [-0.3, -0.25) is 0 Å². The largest absolute Gasteiger partial charge is 0.380 e. The van der Waals surface area contributed by atoms with Crippen molar-refractivity contribution in [3.05, 3.63) is 61.0 Å². The van der Waals surface area contributed by atoms with Crippen LogP contribution in [-0.4, -0.2) is 0 Å². The standard InChI is InChI=1S/C13H9Br2Cl2N/c14-9-3-1-8(2-4-9)7-18-11-6-5-10(15)12(16)13(11)17/h1-6,18H,7H2. The first-order valence-corrected chi connectivity index (χ1v) is 7.54. The van der Waals surface area contributed by atoms with E-state index in [0.717, 1.165) is 14.6 Å². The van der Waals surface area contributed by atoms with Crippen LogP contribution >= 0.6 is 55.1 Å². The lowest BCUT2D eigenvalue weighted by atomic mass is 10.2. The highest BCUT2D eigenvalue weighted by atomic mass is 79.9. The van der Waals surface area contributed by atoms with Gasteiger partial charge in [0.2, 0.25) is 0 Å². The average Bonchev–Trinajstić information content (AvgIpc) is 2.37. The molecule has 0 amide bonds. The number of hydrogen-bond donors (Lipinski definition) is 1. The third kappa shape index (κ3) is 3.41. The predicted octanol–water partition coefficient (Wildman–Crippen LogP) is 6.13. The van der Waals surface area contributed by atoms with Crippen molar-refractivity contribution < 1.29 is 0 Å². The van der Waals surface area contributed by atoms with E-state index in [-0.39, 0.29) is 0 Å². The molecule has 1 N–H and O–H groups in total. The molecule has 1 nitrogen and oxygen atoms in total. The molecule has 0 radical (unpaired) electrons. The van der Waals surface area contributed by atoms with Gasteiger partial charge in [-0.05, 0) is 45.8 Å². The smallest absolute Gasteiger partial charge is 0.0835 e. The van der Waals surface area contributed by atoms with Gasteiger partial charge in [0.05, 0.1) is 15.7 Å². The summed E-state index contributed by atoms with van der Waals surface area (Å²) in [7, 11) is 0. The van der Waals surface area contributed by atoms with Crippen molar-refractivity contribution >= 4 is 60.7 Å². The van der Waals surface area contributed by atoms with Crippen LogP contribution in [0.1, 0.15) is 5.56 Å². The van der Waals surface area contributed by atoms with Crippen molar-refractivity contribution in [3.63, 3.8) is 0 Å². The number of anilines is 1. The molecule has 0 unspecified atom stereocenters. The number of benzene rings is 2. The van der Waals surface area contributed by atoms with Crippen molar-refractivity contribution in [1.29, 1.82) is 0 Å². The van der Waals surface area contributed by atoms with Crippen molar-refractivity contribution in [2.45, 2.75) is 6.54 Å². The van der Waals surface area contributed by atoms with Crippen LogP contribution in [0.15, 0.2) is 45.3 Å². The molecule has 0 atom stereocenters. The Morgan fingerprint density at radius 2 is 1.56 bits per heavy atom.